The van der Waals surface area contributed by atoms with E-state index in [1.54, 1.807) is 11.3 Å². The Morgan fingerprint density at radius 2 is 2.09 bits per heavy atom. The van der Waals surface area contributed by atoms with E-state index in [1.165, 1.54) is 5.56 Å². The van der Waals surface area contributed by atoms with Gasteiger partial charge in [-0.3, -0.25) is 0 Å². The van der Waals surface area contributed by atoms with Gasteiger partial charge in [0.2, 0.25) is 0 Å². The number of thiazole rings is 1. The first-order chi connectivity index (χ1) is 10.7. The number of benzene rings is 1. The topological polar surface area (TPSA) is 54.5 Å². The minimum Gasteiger partial charge on any atom is -0.444 e. The lowest BCUT2D eigenvalue weighted by molar-refractivity contribution is 0.0523. The quantitative estimate of drug-likeness (QED) is 0.909. The molecular weight excluding hydrogens is 310 g/mol. The Kier molecular flexibility index (Phi) is 5.59. The first-order valence-corrected chi connectivity index (χ1v) is 8.54. The number of carbonyl (C=O) groups is 1. The van der Waals surface area contributed by atoms with Gasteiger partial charge in [0.25, 0.3) is 0 Å². The molecule has 1 aromatic heterocycles. The smallest absolute Gasteiger partial charge is 0.408 e. The van der Waals surface area contributed by atoms with Crippen molar-refractivity contribution in [2.75, 3.05) is 20.6 Å². The largest absolute Gasteiger partial charge is 0.444 e. The van der Waals surface area contributed by atoms with Gasteiger partial charge >= 0.3 is 6.09 Å². The van der Waals surface area contributed by atoms with E-state index in [4.69, 9.17) is 4.74 Å². The summed E-state index contributed by atoms with van der Waals surface area (Å²) in [4.78, 5) is 18.4. The Morgan fingerprint density at radius 3 is 2.74 bits per heavy atom. The third-order valence-electron chi connectivity index (χ3n) is 3.13. The van der Waals surface area contributed by atoms with E-state index in [9.17, 15) is 4.79 Å². The van der Waals surface area contributed by atoms with Gasteiger partial charge in [0.05, 0.1) is 16.8 Å². The van der Waals surface area contributed by atoms with E-state index >= 15 is 0 Å². The summed E-state index contributed by atoms with van der Waals surface area (Å²) >= 11 is 1.61. The van der Waals surface area contributed by atoms with Gasteiger partial charge in [-0.1, -0.05) is 6.07 Å². The lowest BCUT2D eigenvalue weighted by atomic mass is 10.1. The molecule has 0 aliphatic rings. The van der Waals surface area contributed by atoms with Gasteiger partial charge in [-0.25, -0.2) is 9.78 Å². The van der Waals surface area contributed by atoms with Crippen LogP contribution in [0.4, 0.5) is 4.79 Å². The van der Waals surface area contributed by atoms with E-state index in [1.807, 2.05) is 26.8 Å². The van der Waals surface area contributed by atoms with E-state index in [0.29, 0.717) is 6.54 Å². The zero-order valence-electron chi connectivity index (χ0n) is 14.5. The molecule has 1 N–H and O–H groups in total. The van der Waals surface area contributed by atoms with Crippen molar-refractivity contribution in [1.29, 1.82) is 0 Å². The fraction of sp³-hybridized carbons (Fsp3) is 0.529. The van der Waals surface area contributed by atoms with Crippen molar-refractivity contribution >= 4 is 27.6 Å². The highest BCUT2D eigenvalue weighted by molar-refractivity contribution is 7.18. The molecule has 0 aliphatic heterocycles. The number of carbonyl (C=O) groups excluding carboxylic acids is 1. The van der Waals surface area contributed by atoms with Crippen molar-refractivity contribution in [3.63, 3.8) is 0 Å². The van der Waals surface area contributed by atoms with Crippen LogP contribution in [0.1, 0.15) is 31.3 Å². The van der Waals surface area contributed by atoms with Gasteiger partial charge in [-0.15, -0.1) is 11.3 Å². The number of hydrogen-bond acceptors (Lipinski definition) is 5. The van der Waals surface area contributed by atoms with E-state index in [-0.39, 0.29) is 0 Å². The molecule has 0 radical (unpaired) electrons. The molecule has 1 aromatic carbocycles. The lowest BCUT2D eigenvalue weighted by Crippen LogP contribution is -2.32. The number of aromatic nitrogens is 1. The second kappa shape index (κ2) is 7.27. The maximum atomic E-state index is 11.7. The maximum Gasteiger partial charge on any atom is 0.408 e. The summed E-state index contributed by atoms with van der Waals surface area (Å²) in [6, 6.07) is 6.36. The summed E-state index contributed by atoms with van der Waals surface area (Å²) in [6.07, 6.45) is 0.607. The fourth-order valence-corrected chi connectivity index (χ4v) is 3.03. The summed E-state index contributed by atoms with van der Waals surface area (Å²) in [7, 11) is 4.15. The average Bonchev–Trinajstić information content (AvgIpc) is 2.83. The zero-order chi connectivity index (χ0) is 17.0. The molecule has 6 heteroatoms. The van der Waals surface area contributed by atoms with Gasteiger partial charge in [0.1, 0.15) is 10.6 Å². The Bertz CT molecular complexity index is 674. The number of nitrogens with one attached hydrogen (secondary N) is 1. The minimum absolute atomic E-state index is 0.390. The molecule has 0 saturated carbocycles. The molecule has 5 nitrogen and oxygen atoms in total. The number of likely N-dealkylation sites (N-methyl/N-ethyl adjacent to an activating group) is 1. The van der Waals surface area contributed by atoms with Crippen LogP contribution in [0.5, 0.6) is 0 Å². The normalized spacial score (nSPS) is 11.9. The molecule has 126 valence electrons. The molecule has 2 rings (SSSR count). The van der Waals surface area contributed by atoms with E-state index < -0.39 is 11.7 Å². The Hall–Kier alpha value is -1.66. The molecule has 1 amide bonds. The molecule has 23 heavy (non-hydrogen) atoms. The van der Waals surface area contributed by atoms with Crippen LogP contribution >= 0.6 is 11.3 Å². The van der Waals surface area contributed by atoms with Gasteiger partial charge in [0.15, 0.2) is 0 Å². The predicted molar refractivity (Wildman–Crippen MR) is 95.0 cm³/mol. The first-order valence-electron chi connectivity index (χ1n) is 7.73. The highest BCUT2D eigenvalue weighted by Crippen LogP contribution is 2.23. The third kappa shape index (κ3) is 5.80. The second-order valence-corrected chi connectivity index (χ2v) is 7.93. The molecule has 0 saturated heterocycles. The van der Waals surface area contributed by atoms with Crippen LogP contribution < -0.4 is 5.32 Å². The van der Waals surface area contributed by atoms with Crippen LogP contribution in [0, 0.1) is 0 Å². The number of fused-ring (bicyclic) bond motifs is 1. The van der Waals surface area contributed by atoms with Crippen LogP contribution in [-0.2, 0) is 17.7 Å². The van der Waals surface area contributed by atoms with Crippen molar-refractivity contribution < 1.29 is 9.53 Å². The van der Waals surface area contributed by atoms with E-state index in [0.717, 1.165) is 28.2 Å². The number of alkyl carbamates (subject to hydrolysis) is 1. The number of nitrogens with zero attached hydrogens (tertiary/aromatic N) is 2. The Labute approximate surface area is 141 Å². The maximum absolute atomic E-state index is 11.7. The molecular formula is C17H25N3O2S. The highest BCUT2D eigenvalue weighted by atomic mass is 32.1. The van der Waals surface area contributed by atoms with Crippen LogP contribution in [0.15, 0.2) is 18.2 Å². The number of ether oxygens (including phenoxy) is 1. The molecule has 0 bridgehead atoms. The summed E-state index contributed by atoms with van der Waals surface area (Å²) in [5.74, 6) is 0. The summed E-state index contributed by atoms with van der Waals surface area (Å²) in [5.41, 5.74) is 1.80. The van der Waals surface area contributed by atoms with Crippen LogP contribution in [0.3, 0.4) is 0 Å². The predicted octanol–water partition coefficient (Wildman–Crippen LogP) is 3.43. The molecule has 0 atom stereocenters. The first kappa shape index (κ1) is 17.7. The van der Waals surface area contributed by atoms with Crippen LogP contribution in [0.25, 0.3) is 10.2 Å². The van der Waals surface area contributed by atoms with Gasteiger partial charge in [-0.2, -0.15) is 0 Å². The monoisotopic (exact) mass is 335 g/mol. The Balaban J connectivity index is 1.98. The Morgan fingerprint density at radius 1 is 1.35 bits per heavy atom. The molecule has 1 heterocycles. The molecule has 0 fully saturated rings. The van der Waals surface area contributed by atoms with Gasteiger partial charge in [0, 0.05) is 6.54 Å². The standard InChI is InChI=1S/C17H25N3O2S/c1-17(2,3)22-16(21)18-11-15-19-13-7-6-12(8-9-20(4)5)10-14(13)23-15/h6-7,10H,8-9,11H2,1-5H3,(H,18,21). The fourth-order valence-electron chi connectivity index (χ4n) is 2.06. The van der Waals surface area contributed by atoms with Crippen LogP contribution in [-0.4, -0.2) is 42.2 Å². The summed E-state index contributed by atoms with van der Waals surface area (Å²) < 4.78 is 6.38. The second-order valence-electron chi connectivity index (χ2n) is 6.82. The van der Waals surface area contributed by atoms with Crippen molar-refractivity contribution in [2.45, 2.75) is 39.3 Å². The number of rotatable bonds is 5. The highest BCUT2D eigenvalue weighted by Gasteiger charge is 2.16. The van der Waals surface area contributed by atoms with Crippen molar-refractivity contribution in [3.05, 3.63) is 28.8 Å². The summed E-state index contributed by atoms with van der Waals surface area (Å²) in [5, 5.41) is 3.64. The molecule has 0 aliphatic carbocycles. The third-order valence-corrected chi connectivity index (χ3v) is 4.15. The lowest BCUT2D eigenvalue weighted by Gasteiger charge is -2.19. The van der Waals surface area contributed by atoms with Gasteiger partial charge < -0.3 is 15.0 Å². The molecule has 0 unspecified atom stereocenters. The van der Waals surface area contributed by atoms with Crippen molar-refractivity contribution in [2.24, 2.45) is 0 Å². The van der Waals surface area contributed by atoms with E-state index in [2.05, 4.69) is 41.4 Å². The van der Waals surface area contributed by atoms with Gasteiger partial charge in [-0.05, 0) is 59.0 Å². The number of amides is 1. The summed E-state index contributed by atoms with van der Waals surface area (Å²) in [6.45, 7) is 6.96. The average molecular weight is 335 g/mol. The van der Waals surface area contributed by atoms with Crippen molar-refractivity contribution in [3.8, 4) is 0 Å². The molecule has 2 aromatic rings. The minimum atomic E-state index is -0.487. The number of hydrogen-bond donors (Lipinski definition) is 1. The van der Waals surface area contributed by atoms with Crippen LogP contribution in [0.2, 0.25) is 0 Å². The van der Waals surface area contributed by atoms with Crippen molar-refractivity contribution in [1.82, 2.24) is 15.2 Å². The molecule has 0 spiro atoms. The SMILES string of the molecule is CN(C)CCc1ccc2nc(CNC(=O)OC(C)(C)C)sc2c1. The zero-order valence-corrected chi connectivity index (χ0v) is 15.3.